The molecule has 6 heteroatoms. The normalized spacial score (nSPS) is 15.2. The van der Waals surface area contributed by atoms with Gasteiger partial charge in [-0.25, -0.2) is 0 Å². The maximum atomic E-state index is 12.9. The molecule has 144 valence electrons. The van der Waals surface area contributed by atoms with Gasteiger partial charge in [0.2, 0.25) is 5.91 Å². The second-order valence-corrected chi connectivity index (χ2v) is 7.57. The number of ketones is 1. The summed E-state index contributed by atoms with van der Waals surface area (Å²) in [6, 6.07) is 9.76. The summed E-state index contributed by atoms with van der Waals surface area (Å²) in [7, 11) is 0. The Labute approximate surface area is 165 Å². The molecule has 5 nitrogen and oxygen atoms in total. The number of hydrogen-bond acceptors (Lipinski definition) is 3. The van der Waals surface area contributed by atoms with Gasteiger partial charge in [0, 0.05) is 61.6 Å². The van der Waals surface area contributed by atoms with Crippen LogP contribution in [0.15, 0.2) is 30.3 Å². The van der Waals surface area contributed by atoms with Crippen LogP contribution in [-0.2, 0) is 11.3 Å². The van der Waals surface area contributed by atoms with Crippen molar-refractivity contribution in [3.05, 3.63) is 57.9 Å². The SMILES string of the molecule is CC(=O)N1CCN(CC(=O)c2cc(C)n(Cc3ccccc3Cl)c2C)CC1. The van der Waals surface area contributed by atoms with Crippen LogP contribution in [0.25, 0.3) is 0 Å². The number of piperazine rings is 1. The Kier molecular flexibility index (Phi) is 6.02. The zero-order valence-corrected chi connectivity index (χ0v) is 16.9. The number of hydrogen-bond donors (Lipinski definition) is 0. The molecule has 1 saturated heterocycles. The van der Waals surface area contributed by atoms with Crippen LogP contribution in [0.5, 0.6) is 0 Å². The number of carbonyl (C=O) groups is 2. The first-order valence-electron chi connectivity index (χ1n) is 9.28. The van der Waals surface area contributed by atoms with E-state index < -0.39 is 0 Å². The number of amides is 1. The molecule has 1 aromatic heterocycles. The third-order valence-corrected chi connectivity index (χ3v) is 5.71. The van der Waals surface area contributed by atoms with Crippen molar-refractivity contribution < 1.29 is 9.59 Å². The summed E-state index contributed by atoms with van der Waals surface area (Å²) in [5.74, 6) is 0.230. The highest BCUT2D eigenvalue weighted by atomic mass is 35.5. The molecule has 0 N–H and O–H groups in total. The minimum Gasteiger partial charge on any atom is -0.344 e. The van der Waals surface area contributed by atoms with E-state index in [4.69, 9.17) is 11.6 Å². The fraction of sp³-hybridized carbons (Fsp3) is 0.429. The molecule has 1 aliphatic heterocycles. The van der Waals surface area contributed by atoms with Crippen molar-refractivity contribution in [3.8, 4) is 0 Å². The monoisotopic (exact) mass is 387 g/mol. The second-order valence-electron chi connectivity index (χ2n) is 7.17. The number of halogens is 1. The van der Waals surface area contributed by atoms with Gasteiger partial charge in [-0.2, -0.15) is 0 Å². The van der Waals surface area contributed by atoms with Crippen molar-refractivity contribution in [3.63, 3.8) is 0 Å². The Morgan fingerprint density at radius 2 is 1.74 bits per heavy atom. The zero-order valence-electron chi connectivity index (χ0n) is 16.2. The van der Waals surface area contributed by atoms with Crippen molar-refractivity contribution in [2.24, 2.45) is 0 Å². The first-order chi connectivity index (χ1) is 12.9. The Bertz CT molecular complexity index is 851. The van der Waals surface area contributed by atoms with Gasteiger partial charge in [0.25, 0.3) is 0 Å². The number of carbonyl (C=O) groups excluding carboxylic acids is 2. The Hall–Kier alpha value is -2.11. The molecule has 0 radical (unpaired) electrons. The molecule has 0 unspecified atom stereocenters. The predicted molar refractivity (Wildman–Crippen MR) is 107 cm³/mol. The highest BCUT2D eigenvalue weighted by molar-refractivity contribution is 6.31. The summed E-state index contributed by atoms with van der Waals surface area (Å²) >= 11 is 6.30. The minimum atomic E-state index is 0.101. The molecular formula is C21H26ClN3O2. The van der Waals surface area contributed by atoms with Gasteiger partial charge < -0.3 is 9.47 Å². The van der Waals surface area contributed by atoms with Gasteiger partial charge in [-0.05, 0) is 31.5 Å². The van der Waals surface area contributed by atoms with E-state index >= 15 is 0 Å². The van der Waals surface area contributed by atoms with Gasteiger partial charge in [0.15, 0.2) is 5.78 Å². The lowest BCUT2D eigenvalue weighted by Gasteiger charge is -2.33. The summed E-state index contributed by atoms with van der Waals surface area (Å²) < 4.78 is 2.14. The standard InChI is InChI=1S/C21H26ClN3O2/c1-15-12-19(16(2)25(15)13-18-6-4-5-7-20(18)22)21(27)14-23-8-10-24(11-9-23)17(3)26/h4-7,12H,8-11,13-14H2,1-3H3. The van der Waals surface area contributed by atoms with Crippen LogP contribution in [0, 0.1) is 13.8 Å². The largest absolute Gasteiger partial charge is 0.344 e. The number of aryl methyl sites for hydroxylation is 1. The molecule has 0 saturated carbocycles. The third-order valence-electron chi connectivity index (χ3n) is 5.35. The van der Waals surface area contributed by atoms with Crippen LogP contribution in [0.4, 0.5) is 0 Å². The molecule has 0 bridgehead atoms. The van der Waals surface area contributed by atoms with E-state index in [1.165, 1.54) is 0 Å². The van der Waals surface area contributed by atoms with Crippen molar-refractivity contribution in [1.29, 1.82) is 0 Å². The summed E-state index contributed by atoms with van der Waals surface area (Å²) in [5.41, 5.74) is 3.84. The summed E-state index contributed by atoms with van der Waals surface area (Å²) in [5, 5.41) is 0.737. The van der Waals surface area contributed by atoms with Gasteiger partial charge in [-0.15, -0.1) is 0 Å². The molecular weight excluding hydrogens is 362 g/mol. The molecule has 1 fully saturated rings. The fourth-order valence-corrected chi connectivity index (χ4v) is 3.83. The number of Topliss-reactive ketones (excluding diaryl/α,β-unsaturated/α-hetero) is 1. The minimum absolute atomic E-state index is 0.101. The Balaban J connectivity index is 1.70. The van der Waals surface area contributed by atoms with Crippen LogP contribution >= 0.6 is 11.6 Å². The van der Waals surface area contributed by atoms with Gasteiger partial charge in [0.05, 0.1) is 6.54 Å². The van der Waals surface area contributed by atoms with Gasteiger partial charge >= 0.3 is 0 Å². The first kappa shape index (κ1) is 19.6. The molecule has 0 spiro atoms. The highest BCUT2D eigenvalue weighted by Gasteiger charge is 2.23. The van der Waals surface area contributed by atoms with E-state index in [-0.39, 0.29) is 11.7 Å². The summed E-state index contributed by atoms with van der Waals surface area (Å²) in [6.07, 6.45) is 0. The van der Waals surface area contributed by atoms with Crippen LogP contribution in [0.2, 0.25) is 5.02 Å². The summed E-state index contributed by atoms with van der Waals surface area (Å²) in [4.78, 5) is 28.3. The second kappa shape index (κ2) is 8.28. The van der Waals surface area contributed by atoms with Crippen molar-refractivity contribution >= 4 is 23.3 Å². The average Bonchev–Trinajstić information content (AvgIpc) is 2.92. The lowest BCUT2D eigenvalue weighted by molar-refractivity contribution is -0.130. The van der Waals surface area contributed by atoms with Crippen LogP contribution < -0.4 is 0 Å². The molecule has 27 heavy (non-hydrogen) atoms. The van der Waals surface area contributed by atoms with Crippen LogP contribution in [-0.4, -0.2) is 58.8 Å². The molecule has 1 amide bonds. The Morgan fingerprint density at radius 3 is 2.37 bits per heavy atom. The van der Waals surface area contributed by atoms with E-state index in [9.17, 15) is 9.59 Å². The van der Waals surface area contributed by atoms with Crippen molar-refractivity contribution in [2.45, 2.75) is 27.3 Å². The number of aromatic nitrogens is 1. The number of benzene rings is 1. The Morgan fingerprint density at radius 1 is 1.07 bits per heavy atom. The molecule has 3 rings (SSSR count). The molecule has 1 aromatic carbocycles. The van der Waals surface area contributed by atoms with Crippen LogP contribution in [0.1, 0.15) is 34.2 Å². The van der Waals surface area contributed by atoms with E-state index in [0.717, 1.165) is 40.6 Å². The average molecular weight is 388 g/mol. The van der Waals surface area contributed by atoms with E-state index in [1.807, 2.05) is 49.1 Å². The van der Waals surface area contributed by atoms with E-state index in [1.54, 1.807) is 6.92 Å². The molecule has 1 aliphatic rings. The smallest absolute Gasteiger partial charge is 0.219 e. The maximum absolute atomic E-state index is 12.9. The third kappa shape index (κ3) is 4.42. The zero-order chi connectivity index (χ0) is 19.6. The number of rotatable bonds is 5. The van der Waals surface area contributed by atoms with E-state index in [0.29, 0.717) is 26.2 Å². The van der Waals surface area contributed by atoms with Gasteiger partial charge in [0.1, 0.15) is 0 Å². The fourth-order valence-electron chi connectivity index (χ4n) is 3.63. The maximum Gasteiger partial charge on any atom is 0.219 e. The lowest BCUT2D eigenvalue weighted by atomic mass is 10.1. The first-order valence-corrected chi connectivity index (χ1v) is 9.66. The summed E-state index contributed by atoms with van der Waals surface area (Å²) in [6.45, 7) is 9.51. The van der Waals surface area contributed by atoms with Gasteiger partial charge in [-0.3, -0.25) is 14.5 Å². The van der Waals surface area contributed by atoms with Crippen molar-refractivity contribution in [1.82, 2.24) is 14.4 Å². The number of nitrogens with zero attached hydrogens (tertiary/aromatic N) is 3. The van der Waals surface area contributed by atoms with Gasteiger partial charge in [-0.1, -0.05) is 29.8 Å². The molecule has 0 aliphatic carbocycles. The van der Waals surface area contributed by atoms with Crippen molar-refractivity contribution in [2.75, 3.05) is 32.7 Å². The topological polar surface area (TPSA) is 45.6 Å². The predicted octanol–water partition coefficient (Wildman–Crippen LogP) is 3.15. The highest BCUT2D eigenvalue weighted by Crippen LogP contribution is 2.22. The molecule has 2 heterocycles. The molecule has 2 aromatic rings. The quantitative estimate of drug-likeness (QED) is 0.740. The lowest BCUT2D eigenvalue weighted by Crippen LogP contribution is -2.49. The van der Waals surface area contributed by atoms with Crippen LogP contribution in [0.3, 0.4) is 0 Å². The van der Waals surface area contributed by atoms with E-state index in [2.05, 4.69) is 9.47 Å². The molecule has 0 atom stereocenters.